The SMILES string of the molecule is c1cnn(CCN2CCCC2)c1. The Kier molecular flexibility index (Phi) is 2.42. The van der Waals surface area contributed by atoms with Crippen molar-refractivity contribution < 1.29 is 0 Å². The molecule has 0 aliphatic carbocycles. The Morgan fingerprint density at radius 3 is 2.67 bits per heavy atom. The zero-order valence-electron chi connectivity index (χ0n) is 7.32. The third-order valence-corrected chi connectivity index (χ3v) is 2.40. The largest absolute Gasteiger partial charge is 0.301 e. The van der Waals surface area contributed by atoms with Gasteiger partial charge in [-0.05, 0) is 32.0 Å². The molecule has 1 fully saturated rings. The van der Waals surface area contributed by atoms with Gasteiger partial charge in [-0.2, -0.15) is 5.10 Å². The number of hydrogen-bond acceptors (Lipinski definition) is 2. The minimum Gasteiger partial charge on any atom is -0.301 e. The first-order chi connectivity index (χ1) is 5.95. The molecule has 1 aromatic rings. The molecule has 0 aromatic carbocycles. The molecular weight excluding hydrogens is 150 g/mol. The van der Waals surface area contributed by atoms with Gasteiger partial charge in [-0.25, -0.2) is 0 Å². The van der Waals surface area contributed by atoms with Crippen LogP contribution in [-0.4, -0.2) is 34.3 Å². The van der Waals surface area contributed by atoms with E-state index in [1.54, 1.807) is 0 Å². The molecule has 0 radical (unpaired) electrons. The quantitative estimate of drug-likeness (QED) is 0.665. The number of hydrogen-bond donors (Lipinski definition) is 0. The molecule has 1 aliphatic heterocycles. The average molecular weight is 165 g/mol. The zero-order chi connectivity index (χ0) is 8.23. The molecule has 1 saturated heterocycles. The number of nitrogens with zero attached hydrogens (tertiary/aromatic N) is 3. The van der Waals surface area contributed by atoms with E-state index in [0.29, 0.717) is 0 Å². The van der Waals surface area contributed by atoms with Crippen LogP contribution in [0.25, 0.3) is 0 Å². The van der Waals surface area contributed by atoms with Crippen LogP contribution in [0.4, 0.5) is 0 Å². The minimum absolute atomic E-state index is 1.03. The summed E-state index contributed by atoms with van der Waals surface area (Å²) in [5.74, 6) is 0. The maximum atomic E-state index is 4.17. The summed E-state index contributed by atoms with van der Waals surface area (Å²) >= 11 is 0. The van der Waals surface area contributed by atoms with E-state index in [1.807, 2.05) is 23.1 Å². The third kappa shape index (κ3) is 1.85. The molecule has 3 nitrogen and oxygen atoms in total. The second-order valence-corrected chi connectivity index (χ2v) is 3.32. The molecule has 2 rings (SSSR count). The maximum absolute atomic E-state index is 4.17. The van der Waals surface area contributed by atoms with Crippen LogP contribution in [0.3, 0.4) is 0 Å². The van der Waals surface area contributed by atoms with Gasteiger partial charge in [0.1, 0.15) is 0 Å². The van der Waals surface area contributed by atoms with Gasteiger partial charge in [-0.3, -0.25) is 4.68 Å². The molecule has 1 aliphatic rings. The Hall–Kier alpha value is -0.830. The highest BCUT2D eigenvalue weighted by Gasteiger charge is 2.10. The minimum atomic E-state index is 1.03. The van der Waals surface area contributed by atoms with Gasteiger partial charge in [0.05, 0.1) is 6.54 Å². The first kappa shape index (κ1) is 7.80. The van der Waals surface area contributed by atoms with Crippen molar-refractivity contribution in [3.05, 3.63) is 18.5 Å². The van der Waals surface area contributed by atoms with Gasteiger partial charge in [0.25, 0.3) is 0 Å². The lowest BCUT2D eigenvalue weighted by molar-refractivity contribution is 0.316. The molecule has 0 bridgehead atoms. The number of likely N-dealkylation sites (tertiary alicyclic amines) is 1. The van der Waals surface area contributed by atoms with Gasteiger partial charge >= 0.3 is 0 Å². The van der Waals surface area contributed by atoms with Crippen LogP contribution in [0.15, 0.2) is 18.5 Å². The fraction of sp³-hybridized carbons (Fsp3) is 0.667. The average Bonchev–Trinajstić information content (AvgIpc) is 2.74. The van der Waals surface area contributed by atoms with E-state index >= 15 is 0 Å². The molecule has 0 N–H and O–H groups in total. The topological polar surface area (TPSA) is 21.1 Å². The van der Waals surface area contributed by atoms with Crippen molar-refractivity contribution in [3.63, 3.8) is 0 Å². The Balaban J connectivity index is 1.74. The van der Waals surface area contributed by atoms with Crippen molar-refractivity contribution in [2.75, 3.05) is 19.6 Å². The highest BCUT2D eigenvalue weighted by molar-refractivity contribution is 4.78. The second-order valence-electron chi connectivity index (χ2n) is 3.32. The highest BCUT2D eigenvalue weighted by Crippen LogP contribution is 2.06. The van der Waals surface area contributed by atoms with Crippen molar-refractivity contribution in [1.29, 1.82) is 0 Å². The Labute approximate surface area is 73.0 Å². The zero-order valence-corrected chi connectivity index (χ0v) is 7.32. The molecule has 0 spiro atoms. The van der Waals surface area contributed by atoms with E-state index in [4.69, 9.17) is 0 Å². The van der Waals surface area contributed by atoms with Crippen LogP contribution in [0, 0.1) is 0 Å². The molecule has 1 aromatic heterocycles. The van der Waals surface area contributed by atoms with Crippen molar-refractivity contribution in [3.8, 4) is 0 Å². The molecule has 3 heteroatoms. The number of rotatable bonds is 3. The molecule has 0 amide bonds. The van der Waals surface area contributed by atoms with Crippen LogP contribution in [-0.2, 0) is 6.54 Å². The summed E-state index contributed by atoms with van der Waals surface area (Å²) in [6.45, 7) is 4.75. The fourth-order valence-corrected chi connectivity index (χ4v) is 1.68. The predicted molar refractivity (Wildman–Crippen MR) is 47.9 cm³/mol. The van der Waals surface area contributed by atoms with E-state index in [-0.39, 0.29) is 0 Å². The monoisotopic (exact) mass is 165 g/mol. The van der Waals surface area contributed by atoms with Crippen LogP contribution >= 0.6 is 0 Å². The Morgan fingerprint density at radius 2 is 2.00 bits per heavy atom. The molecule has 0 atom stereocenters. The van der Waals surface area contributed by atoms with Crippen molar-refractivity contribution in [2.24, 2.45) is 0 Å². The normalized spacial score (nSPS) is 18.7. The maximum Gasteiger partial charge on any atom is 0.0536 e. The summed E-state index contributed by atoms with van der Waals surface area (Å²) in [7, 11) is 0. The van der Waals surface area contributed by atoms with Crippen LogP contribution in [0.1, 0.15) is 12.8 Å². The molecule has 12 heavy (non-hydrogen) atoms. The van der Waals surface area contributed by atoms with Crippen molar-refractivity contribution >= 4 is 0 Å². The fourth-order valence-electron chi connectivity index (χ4n) is 1.68. The summed E-state index contributed by atoms with van der Waals surface area (Å²) in [5, 5.41) is 4.17. The summed E-state index contributed by atoms with van der Waals surface area (Å²) < 4.78 is 2.00. The Morgan fingerprint density at radius 1 is 1.17 bits per heavy atom. The molecule has 0 saturated carbocycles. The lowest BCUT2D eigenvalue weighted by Crippen LogP contribution is -2.24. The van der Waals surface area contributed by atoms with E-state index in [2.05, 4.69) is 10.00 Å². The van der Waals surface area contributed by atoms with Crippen LogP contribution in [0.5, 0.6) is 0 Å². The third-order valence-electron chi connectivity index (χ3n) is 2.40. The predicted octanol–water partition coefficient (Wildman–Crippen LogP) is 0.979. The molecule has 0 unspecified atom stereocenters. The van der Waals surface area contributed by atoms with Crippen molar-refractivity contribution in [2.45, 2.75) is 19.4 Å². The van der Waals surface area contributed by atoms with Gasteiger partial charge in [0.2, 0.25) is 0 Å². The standard InChI is InChI=1S/C9H15N3/c1-2-6-11(5-1)8-9-12-7-3-4-10-12/h3-4,7H,1-2,5-6,8-9H2. The highest BCUT2D eigenvalue weighted by atomic mass is 15.3. The van der Waals surface area contributed by atoms with Crippen molar-refractivity contribution in [1.82, 2.24) is 14.7 Å². The van der Waals surface area contributed by atoms with E-state index in [1.165, 1.54) is 25.9 Å². The van der Waals surface area contributed by atoms with Crippen LogP contribution in [0.2, 0.25) is 0 Å². The summed E-state index contributed by atoms with van der Waals surface area (Å²) in [5.41, 5.74) is 0. The summed E-state index contributed by atoms with van der Waals surface area (Å²) in [4.78, 5) is 2.50. The lowest BCUT2D eigenvalue weighted by Gasteiger charge is -2.13. The van der Waals surface area contributed by atoms with E-state index in [9.17, 15) is 0 Å². The van der Waals surface area contributed by atoms with Gasteiger partial charge in [-0.1, -0.05) is 0 Å². The van der Waals surface area contributed by atoms with Crippen LogP contribution < -0.4 is 0 Å². The Bertz CT molecular complexity index is 212. The van der Waals surface area contributed by atoms with Gasteiger partial charge < -0.3 is 4.90 Å². The van der Waals surface area contributed by atoms with Gasteiger partial charge in [-0.15, -0.1) is 0 Å². The molecule has 2 heterocycles. The smallest absolute Gasteiger partial charge is 0.0536 e. The summed E-state index contributed by atoms with van der Waals surface area (Å²) in [6, 6.07) is 1.98. The molecular formula is C9H15N3. The van der Waals surface area contributed by atoms with E-state index < -0.39 is 0 Å². The number of aromatic nitrogens is 2. The van der Waals surface area contributed by atoms with E-state index in [0.717, 1.165) is 13.1 Å². The summed E-state index contributed by atoms with van der Waals surface area (Å²) in [6.07, 6.45) is 6.61. The van der Waals surface area contributed by atoms with Gasteiger partial charge in [0.15, 0.2) is 0 Å². The first-order valence-electron chi connectivity index (χ1n) is 4.65. The lowest BCUT2D eigenvalue weighted by atomic mass is 10.4. The second kappa shape index (κ2) is 3.72. The van der Waals surface area contributed by atoms with Gasteiger partial charge in [0, 0.05) is 18.9 Å². The molecule has 66 valence electrons. The first-order valence-corrected chi connectivity index (χ1v) is 4.65.